The summed E-state index contributed by atoms with van der Waals surface area (Å²) in [5, 5.41) is 22.9. The Balaban J connectivity index is 2.33. The summed E-state index contributed by atoms with van der Waals surface area (Å²) in [6.07, 6.45) is 0.507. The van der Waals surface area contributed by atoms with Crippen LogP contribution in [0.25, 0.3) is 0 Å². The van der Waals surface area contributed by atoms with Crippen LogP contribution in [-0.4, -0.2) is 49.7 Å². The van der Waals surface area contributed by atoms with Gasteiger partial charge in [0.1, 0.15) is 5.84 Å². The number of aryl methyl sites for hydroxylation is 1. The van der Waals surface area contributed by atoms with Crippen LogP contribution >= 0.6 is 0 Å². The van der Waals surface area contributed by atoms with Gasteiger partial charge in [0.05, 0.1) is 13.6 Å². The molecule has 0 aliphatic rings. The van der Waals surface area contributed by atoms with Crippen molar-refractivity contribution in [3.8, 4) is 0 Å². The van der Waals surface area contributed by atoms with E-state index in [2.05, 4.69) is 20.6 Å². The highest BCUT2D eigenvalue weighted by Gasteiger charge is 2.05. The molecule has 3 N–H and O–H groups in total. The minimum absolute atomic E-state index is 0.217. The van der Waals surface area contributed by atoms with E-state index >= 15 is 0 Å². The molecule has 0 spiro atoms. The van der Waals surface area contributed by atoms with Gasteiger partial charge in [-0.2, -0.15) is 4.80 Å². The van der Waals surface area contributed by atoms with E-state index in [1.807, 2.05) is 11.9 Å². The molecule has 1 rings (SSSR count). The molecule has 1 heterocycles. The van der Waals surface area contributed by atoms with Crippen LogP contribution in [0, 0.1) is 0 Å². The predicted molar refractivity (Wildman–Crippen MR) is 53.2 cm³/mol. The van der Waals surface area contributed by atoms with Gasteiger partial charge in [0.15, 0.2) is 5.82 Å². The maximum atomic E-state index is 8.35. The maximum absolute atomic E-state index is 8.35. The van der Waals surface area contributed by atoms with E-state index in [9.17, 15) is 0 Å². The lowest BCUT2D eigenvalue weighted by atomic mass is 10.3. The fourth-order valence-electron chi connectivity index (χ4n) is 1.06. The van der Waals surface area contributed by atoms with Crippen molar-refractivity contribution in [2.45, 2.75) is 13.0 Å². The molecular formula is C7H15N7O. The zero-order chi connectivity index (χ0) is 11.3. The molecule has 8 heteroatoms. The topological polar surface area (TPSA) is 105 Å². The molecule has 0 bridgehead atoms. The second-order valence-electron chi connectivity index (χ2n) is 3.27. The Morgan fingerprint density at radius 2 is 2.40 bits per heavy atom. The number of hydrogen-bond donors (Lipinski definition) is 2. The molecule has 0 amide bonds. The summed E-state index contributed by atoms with van der Waals surface area (Å²) in [6.45, 7) is 1.26. The highest BCUT2D eigenvalue weighted by atomic mass is 16.4. The average Bonchev–Trinajstić information content (AvgIpc) is 2.60. The highest BCUT2D eigenvalue weighted by Crippen LogP contribution is 1.95. The number of tetrazole rings is 1. The number of aromatic nitrogens is 4. The Kier molecular flexibility index (Phi) is 3.98. The van der Waals surface area contributed by atoms with Gasteiger partial charge in [-0.05, 0) is 12.3 Å². The molecule has 0 saturated heterocycles. The summed E-state index contributed by atoms with van der Waals surface area (Å²) >= 11 is 0. The number of rotatable bonds is 5. The van der Waals surface area contributed by atoms with Gasteiger partial charge < -0.3 is 10.9 Å². The van der Waals surface area contributed by atoms with Gasteiger partial charge in [-0.3, -0.25) is 4.90 Å². The quantitative estimate of drug-likeness (QED) is 0.275. The highest BCUT2D eigenvalue weighted by molar-refractivity contribution is 5.79. The number of amidine groups is 1. The smallest absolute Gasteiger partial charge is 0.188 e. The van der Waals surface area contributed by atoms with Gasteiger partial charge in [0, 0.05) is 13.0 Å². The minimum Gasteiger partial charge on any atom is -0.409 e. The molecule has 15 heavy (non-hydrogen) atoms. The van der Waals surface area contributed by atoms with Gasteiger partial charge in [-0.1, -0.05) is 5.16 Å². The average molecular weight is 213 g/mol. The molecule has 0 aliphatic carbocycles. The van der Waals surface area contributed by atoms with Crippen LogP contribution in [0.4, 0.5) is 0 Å². The molecule has 0 aromatic carbocycles. The van der Waals surface area contributed by atoms with Gasteiger partial charge in [-0.15, -0.1) is 10.2 Å². The first kappa shape index (κ1) is 11.4. The summed E-state index contributed by atoms with van der Waals surface area (Å²) in [6, 6.07) is 0. The molecule has 0 saturated carbocycles. The van der Waals surface area contributed by atoms with E-state index in [1.165, 1.54) is 4.80 Å². The van der Waals surface area contributed by atoms with Crippen molar-refractivity contribution in [2.24, 2.45) is 17.9 Å². The third-order valence-electron chi connectivity index (χ3n) is 1.84. The van der Waals surface area contributed by atoms with Crippen LogP contribution < -0.4 is 5.73 Å². The SMILES string of the molecule is CN(CCC(N)=NO)Cc1nnn(C)n1. The van der Waals surface area contributed by atoms with Crippen LogP contribution in [0.1, 0.15) is 12.2 Å². The van der Waals surface area contributed by atoms with Crippen molar-refractivity contribution in [3.05, 3.63) is 5.82 Å². The standard InChI is InChI=1S/C7H15N7O/c1-13(4-3-6(8)11-15)5-7-9-12-14(2)10-7/h15H,3-5H2,1-2H3,(H2,8,11). The van der Waals surface area contributed by atoms with E-state index < -0.39 is 0 Å². The normalized spacial score (nSPS) is 12.3. The molecular weight excluding hydrogens is 198 g/mol. The third kappa shape index (κ3) is 3.90. The first-order valence-corrected chi connectivity index (χ1v) is 4.49. The Morgan fingerprint density at radius 3 is 2.93 bits per heavy atom. The van der Waals surface area contributed by atoms with Crippen LogP contribution in [0.5, 0.6) is 0 Å². The summed E-state index contributed by atoms with van der Waals surface area (Å²) in [7, 11) is 3.62. The Morgan fingerprint density at radius 1 is 1.67 bits per heavy atom. The summed E-state index contributed by atoms with van der Waals surface area (Å²) in [5.74, 6) is 0.869. The van der Waals surface area contributed by atoms with Crippen molar-refractivity contribution in [2.75, 3.05) is 13.6 Å². The largest absolute Gasteiger partial charge is 0.409 e. The Hall–Kier alpha value is -1.70. The van der Waals surface area contributed by atoms with Crippen LogP contribution in [0.15, 0.2) is 5.16 Å². The second-order valence-corrected chi connectivity index (χ2v) is 3.27. The number of nitrogens with two attached hydrogens (primary N) is 1. The number of hydrogen-bond acceptors (Lipinski definition) is 6. The second kappa shape index (κ2) is 5.25. The Bertz CT molecular complexity index is 334. The van der Waals surface area contributed by atoms with Gasteiger partial charge in [0.25, 0.3) is 0 Å². The molecule has 1 aromatic rings. The molecule has 1 aromatic heterocycles. The van der Waals surface area contributed by atoms with E-state index in [1.54, 1.807) is 7.05 Å². The lowest BCUT2D eigenvalue weighted by Gasteiger charge is -2.12. The van der Waals surface area contributed by atoms with E-state index in [0.717, 1.165) is 0 Å². The number of oxime groups is 1. The lowest BCUT2D eigenvalue weighted by molar-refractivity contribution is 0.307. The zero-order valence-corrected chi connectivity index (χ0v) is 8.83. The van der Waals surface area contributed by atoms with Crippen molar-refractivity contribution in [1.29, 1.82) is 0 Å². The molecule has 0 aliphatic heterocycles. The van der Waals surface area contributed by atoms with Crippen molar-refractivity contribution >= 4 is 5.84 Å². The fourth-order valence-corrected chi connectivity index (χ4v) is 1.06. The fraction of sp³-hybridized carbons (Fsp3) is 0.714. The molecule has 0 fully saturated rings. The molecule has 0 radical (unpaired) electrons. The summed E-state index contributed by atoms with van der Waals surface area (Å²) in [5.41, 5.74) is 5.34. The third-order valence-corrected chi connectivity index (χ3v) is 1.84. The molecule has 0 atom stereocenters. The zero-order valence-electron chi connectivity index (χ0n) is 8.83. The summed E-state index contributed by atoms with van der Waals surface area (Å²) in [4.78, 5) is 3.38. The van der Waals surface area contributed by atoms with Crippen LogP contribution in [0.3, 0.4) is 0 Å². The first-order chi connectivity index (χ1) is 7.11. The molecule has 8 nitrogen and oxygen atoms in total. The Labute approximate surface area is 87.3 Å². The van der Waals surface area contributed by atoms with E-state index in [0.29, 0.717) is 25.3 Å². The minimum atomic E-state index is 0.217. The lowest BCUT2D eigenvalue weighted by Crippen LogP contribution is -2.25. The predicted octanol–water partition coefficient (Wildman–Crippen LogP) is -1.22. The van der Waals surface area contributed by atoms with Gasteiger partial charge >= 0.3 is 0 Å². The number of nitrogens with zero attached hydrogens (tertiary/aromatic N) is 6. The van der Waals surface area contributed by atoms with Crippen LogP contribution in [0.2, 0.25) is 0 Å². The first-order valence-electron chi connectivity index (χ1n) is 4.49. The summed E-state index contributed by atoms with van der Waals surface area (Å²) < 4.78 is 0. The van der Waals surface area contributed by atoms with Crippen molar-refractivity contribution in [1.82, 2.24) is 25.1 Å². The maximum Gasteiger partial charge on any atom is 0.188 e. The van der Waals surface area contributed by atoms with Gasteiger partial charge in [-0.25, -0.2) is 0 Å². The van der Waals surface area contributed by atoms with Crippen molar-refractivity contribution in [3.63, 3.8) is 0 Å². The van der Waals surface area contributed by atoms with E-state index in [4.69, 9.17) is 10.9 Å². The molecule has 0 unspecified atom stereocenters. The monoisotopic (exact) mass is 213 g/mol. The molecule has 84 valence electrons. The van der Waals surface area contributed by atoms with E-state index in [-0.39, 0.29) is 5.84 Å². The van der Waals surface area contributed by atoms with Gasteiger partial charge in [0.2, 0.25) is 0 Å². The van der Waals surface area contributed by atoms with Crippen molar-refractivity contribution < 1.29 is 5.21 Å². The van der Waals surface area contributed by atoms with Crippen LogP contribution in [-0.2, 0) is 13.6 Å².